The van der Waals surface area contributed by atoms with Gasteiger partial charge in [-0.3, -0.25) is 10.1 Å². The quantitative estimate of drug-likeness (QED) is 0.120. The average Bonchev–Trinajstić information content (AvgIpc) is 3.18. The Bertz CT molecular complexity index is 1420. The van der Waals surface area contributed by atoms with Crippen molar-refractivity contribution in [2.24, 2.45) is 4.99 Å². The number of carbonyl (C=O) groups is 1. The highest BCUT2D eigenvalue weighted by Gasteiger charge is 2.26. The minimum atomic E-state index is -0.620. The number of benzene rings is 3. The van der Waals surface area contributed by atoms with E-state index in [2.05, 4.69) is 36.9 Å². The molecule has 36 heavy (non-hydrogen) atoms. The van der Waals surface area contributed by atoms with E-state index in [9.17, 15) is 14.9 Å². The third-order valence-electron chi connectivity index (χ3n) is 5.17. The Morgan fingerprint density at radius 2 is 1.92 bits per heavy atom. The average molecular weight is 616 g/mol. The molecule has 1 aliphatic heterocycles. The molecule has 0 aromatic heterocycles. The third-order valence-corrected chi connectivity index (χ3v) is 6.25. The lowest BCUT2D eigenvalue weighted by Crippen LogP contribution is -2.06. The number of carbonyl (C=O) groups excluding carboxylic acids is 1. The predicted octanol–water partition coefficient (Wildman–Crippen LogP) is 6.75. The SMILES string of the molecule is CCOc1cc(/C=C2\N=C(c3ccc([N+](=O)[O-])c(C)c3)OC2=O)cc(Br)c1OCc1cccc(Br)c1. The minimum absolute atomic E-state index is 0.0186. The third kappa shape index (κ3) is 5.83. The molecule has 0 saturated heterocycles. The van der Waals surface area contributed by atoms with E-state index in [1.165, 1.54) is 12.1 Å². The summed E-state index contributed by atoms with van der Waals surface area (Å²) in [4.78, 5) is 27.4. The lowest BCUT2D eigenvalue weighted by atomic mass is 10.1. The molecule has 0 radical (unpaired) electrons. The van der Waals surface area contributed by atoms with Gasteiger partial charge in [0.25, 0.3) is 5.69 Å². The second-order valence-electron chi connectivity index (χ2n) is 7.78. The van der Waals surface area contributed by atoms with Crippen molar-refractivity contribution < 1.29 is 23.9 Å². The van der Waals surface area contributed by atoms with Crippen molar-refractivity contribution in [1.82, 2.24) is 0 Å². The van der Waals surface area contributed by atoms with Crippen molar-refractivity contribution in [3.05, 3.63) is 102 Å². The smallest absolute Gasteiger partial charge is 0.363 e. The van der Waals surface area contributed by atoms with Crippen LogP contribution in [-0.4, -0.2) is 23.4 Å². The fourth-order valence-corrected chi connectivity index (χ4v) is 4.56. The van der Waals surface area contributed by atoms with E-state index in [0.29, 0.717) is 45.9 Å². The molecule has 0 spiro atoms. The molecule has 0 fully saturated rings. The lowest BCUT2D eigenvalue weighted by molar-refractivity contribution is -0.385. The van der Waals surface area contributed by atoms with Crippen LogP contribution >= 0.6 is 31.9 Å². The van der Waals surface area contributed by atoms with Crippen molar-refractivity contribution in [1.29, 1.82) is 0 Å². The second-order valence-corrected chi connectivity index (χ2v) is 9.55. The van der Waals surface area contributed by atoms with Gasteiger partial charge in [0.15, 0.2) is 17.2 Å². The topological polar surface area (TPSA) is 100 Å². The maximum Gasteiger partial charge on any atom is 0.363 e. The van der Waals surface area contributed by atoms with Gasteiger partial charge < -0.3 is 14.2 Å². The molecule has 1 aliphatic rings. The molecule has 10 heteroatoms. The highest BCUT2D eigenvalue weighted by atomic mass is 79.9. The Morgan fingerprint density at radius 3 is 2.61 bits per heavy atom. The maximum atomic E-state index is 12.5. The van der Waals surface area contributed by atoms with E-state index in [1.54, 1.807) is 31.2 Å². The zero-order valence-electron chi connectivity index (χ0n) is 19.3. The molecule has 0 saturated carbocycles. The summed E-state index contributed by atoms with van der Waals surface area (Å²) in [5, 5.41) is 11.1. The first-order valence-electron chi connectivity index (χ1n) is 10.9. The molecular formula is C26H20Br2N2O6. The molecule has 0 bridgehead atoms. The summed E-state index contributed by atoms with van der Waals surface area (Å²) in [5.41, 5.74) is 2.63. The van der Waals surface area contributed by atoms with Gasteiger partial charge in [-0.15, -0.1) is 0 Å². The van der Waals surface area contributed by atoms with Crippen LogP contribution in [0.2, 0.25) is 0 Å². The van der Waals surface area contributed by atoms with Crippen LogP contribution in [0.4, 0.5) is 5.69 Å². The van der Waals surface area contributed by atoms with Gasteiger partial charge in [0.05, 0.1) is 16.0 Å². The first-order chi connectivity index (χ1) is 17.2. The molecule has 0 amide bonds. The standard InChI is InChI=1S/C26H20Br2N2O6/c1-3-34-23-13-17(11-20(28)24(23)35-14-16-5-4-6-19(27)10-16)12-21-26(31)36-25(29-21)18-7-8-22(30(32)33)15(2)9-18/h4-13H,3,14H2,1-2H3/b21-12-. The zero-order valence-corrected chi connectivity index (χ0v) is 22.5. The maximum absolute atomic E-state index is 12.5. The number of hydrogen-bond donors (Lipinski definition) is 0. The van der Waals surface area contributed by atoms with E-state index in [1.807, 2.05) is 31.2 Å². The van der Waals surface area contributed by atoms with Gasteiger partial charge in [-0.05, 0) is 83.4 Å². The number of cyclic esters (lactones) is 1. The molecule has 4 rings (SSSR count). The van der Waals surface area contributed by atoms with Crippen LogP contribution < -0.4 is 9.47 Å². The van der Waals surface area contributed by atoms with Crippen LogP contribution in [0.3, 0.4) is 0 Å². The van der Waals surface area contributed by atoms with Crippen LogP contribution in [-0.2, 0) is 16.1 Å². The van der Waals surface area contributed by atoms with Gasteiger partial charge in [-0.1, -0.05) is 28.1 Å². The summed E-state index contributed by atoms with van der Waals surface area (Å²) in [6, 6.07) is 15.8. The van der Waals surface area contributed by atoms with Crippen LogP contribution in [0.5, 0.6) is 11.5 Å². The molecular weight excluding hydrogens is 596 g/mol. The number of ether oxygens (including phenoxy) is 3. The monoisotopic (exact) mass is 614 g/mol. The van der Waals surface area contributed by atoms with Gasteiger partial charge in [0, 0.05) is 21.7 Å². The number of hydrogen-bond acceptors (Lipinski definition) is 7. The number of aliphatic imine (C=N–C) groups is 1. The summed E-state index contributed by atoms with van der Waals surface area (Å²) in [6.45, 7) is 4.24. The Labute approximate surface area is 224 Å². The molecule has 0 aliphatic carbocycles. The van der Waals surface area contributed by atoms with Gasteiger partial charge in [0.2, 0.25) is 5.90 Å². The number of aryl methyl sites for hydroxylation is 1. The van der Waals surface area contributed by atoms with Crippen molar-refractivity contribution >= 4 is 55.5 Å². The highest BCUT2D eigenvalue weighted by molar-refractivity contribution is 9.10. The summed E-state index contributed by atoms with van der Waals surface area (Å²) in [6.07, 6.45) is 1.58. The summed E-state index contributed by atoms with van der Waals surface area (Å²) < 4.78 is 18.8. The first kappa shape index (κ1) is 25.6. The van der Waals surface area contributed by atoms with E-state index in [-0.39, 0.29) is 17.3 Å². The lowest BCUT2D eigenvalue weighted by Gasteiger charge is -2.15. The van der Waals surface area contributed by atoms with Crippen molar-refractivity contribution in [3.8, 4) is 11.5 Å². The van der Waals surface area contributed by atoms with E-state index in [4.69, 9.17) is 14.2 Å². The second kappa shape index (κ2) is 11.0. The van der Waals surface area contributed by atoms with Gasteiger partial charge in [0.1, 0.15) is 6.61 Å². The largest absolute Gasteiger partial charge is 0.490 e. The fourth-order valence-electron chi connectivity index (χ4n) is 3.54. The number of nitro benzene ring substituents is 1. The number of esters is 1. The summed E-state index contributed by atoms with van der Waals surface area (Å²) in [7, 11) is 0. The molecule has 184 valence electrons. The van der Waals surface area contributed by atoms with Gasteiger partial charge in [-0.2, -0.15) is 0 Å². The number of nitrogens with zero attached hydrogens (tertiary/aromatic N) is 2. The van der Waals surface area contributed by atoms with Crippen molar-refractivity contribution in [3.63, 3.8) is 0 Å². The molecule has 3 aromatic rings. The molecule has 0 unspecified atom stereocenters. The van der Waals surface area contributed by atoms with Crippen LogP contribution in [0.1, 0.15) is 29.2 Å². The van der Waals surface area contributed by atoms with Crippen LogP contribution in [0.15, 0.2) is 74.2 Å². The number of halogens is 2. The van der Waals surface area contributed by atoms with E-state index in [0.717, 1.165) is 10.0 Å². The van der Waals surface area contributed by atoms with Crippen molar-refractivity contribution in [2.45, 2.75) is 20.5 Å². The number of rotatable bonds is 8. The first-order valence-corrected chi connectivity index (χ1v) is 12.5. The van der Waals surface area contributed by atoms with E-state index < -0.39 is 10.9 Å². The molecule has 0 atom stereocenters. The van der Waals surface area contributed by atoms with Crippen LogP contribution in [0, 0.1) is 17.0 Å². The molecule has 8 nitrogen and oxygen atoms in total. The van der Waals surface area contributed by atoms with Gasteiger partial charge >= 0.3 is 5.97 Å². The summed E-state index contributed by atoms with van der Waals surface area (Å²) >= 11 is 7.00. The highest BCUT2D eigenvalue weighted by Crippen LogP contribution is 2.38. The number of nitro groups is 1. The fraction of sp³-hybridized carbons (Fsp3) is 0.154. The molecule has 1 heterocycles. The zero-order chi connectivity index (χ0) is 25.8. The predicted molar refractivity (Wildman–Crippen MR) is 142 cm³/mol. The Kier molecular flexibility index (Phi) is 7.85. The summed E-state index contributed by atoms with van der Waals surface area (Å²) in [5.74, 6) is 0.515. The van der Waals surface area contributed by atoms with Crippen LogP contribution in [0.25, 0.3) is 6.08 Å². The Balaban J connectivity index is 1.61. The minimum Gasteiger partial charge on any atom is -0.490 e. The normalized spacial score (nSPS) is 13.9. The molecule has 0 N–H and O–H groups in total. The van der Waals surface area contributed by atoms with Crippen molar-refractivity contribution in [2.75, 3.05) is 6.61 Å². The molecule has 3 aromatic carbocycles. The Morgan fingerprint density at radius 1 is 1.11 bits per heavy atom. The van der Waals surface area contributed by atoms with Gasteiger partial charge in [-0.25, -0.2) is 9.79 Å². The van der Waals surface area contributed by atoms with E-state index >= 15 is 0 Å². The Hall–Kier alpha value is -3.50.